The summed E-state index contributed by atoms with van der Waals surface area (Å²) in [4.78, 5) is 0. The maximum Gasteiger partial charge on any atom is 0.147 e. The van der Waals surface area contributed by atoms with Crippen LogP contribution in [0.5, 0.6) is 0 Å². The number of nitrogens with one attached hydrogen (secondary N) is 1. The van der Waals surface area contributed by atoms with E-state index in [1.54, 1.807) is 0 Å². The molecule has 0 saturated heterocycles. The van der Waals surface area contributed by atoms with Gasteiger partial charge in [0.25, 0.3) is 0 Å². The fourth-order valence-electron chi connectivity index (χ4n) is 1.61. The lowest BCUT2D eigenvalue weighted by Crippen LogP contribution is -2.19. The molecular formula is C12H19NO2S. The summed E-state index contributed by atoms with van der Waals surface area (Å²) < 4.78 is 22.2. The van der Waals surface area contributed by atoms with Gasteiger partial charge >= 0.3 is 0 Å². The Bertz CT molecular complexity index is 423. The quantitative estimate of drug-likeness (QED) is 0.853. The Labute approximate surface area is 97.8 Å². The zero-order chi connectivity index (χ0) is 12.2. The molecule has 1 aromatic carbocycles. The number of rotatable bonds is 5. The van der Waals surface area contributed by atoms with Crippen LogP contribution in [0, 0.1) is 6.92 Å². The van der Waals surface area contributed by atoms with Crippen LogP contribution in [0.3, 0.4) is 0 Å². The second-order valence-corrected chi connectivity index (χ2v) is 6.43. The van der Waals surface area contributed by atoms with Crippen molar-refractivity contribution in [3.63, 3.8) is 0 Å². The SMILES string of the molecule is CNC(CCS(C)(=O)=O)c1ccc(C)cc1. The van der Waals surface area contributed by atoms with E-state index in [0.29, 0.717) is 6.42 Å². The average Bonchev–Trinajstić information content (AvgIpc) is 2.20. The fourth-order valence-corrected chi connectivity index (χ4v) is 2.27. The Hall–Kier alpha value is -0.870. The van der Waals surface area contributed by atoms with E-state index in [1.807, 2.05) is 38.2 Å². The highest BCUT2D eigenvalue weighted by Gasteiger charge is 2.12. The predicted octanol–water partition coefficient (Wildman–Crippen LogP) is 1.69. The zero-order valence-electron chi connectivity index (χ0n) is 10.0. The molecule has 0 heterocycles. The Morgan fingerprint density at radius 1 is 1.25 bits per heavy atom. The van der Waals surface area contributed by atoms with E-state index < -0.39 is 9.84 Å². The van der Waals surface area contributed by atoms with Crippen molar-refractivity contribution in [1.82, 2.24) is 5.32 Å². The molecule has 0 saturated carbocycles. The van der Waals surface area contributed by atoms with Crippen molar-refractivity contribution in [1.29, 1.82) is 0 Å². The van der Waals surface area contributed by atoms with Gasteiger partial charge in [0.2, 0.25) is 0 Å². The average molecular weight is 241 g/mol. The first-order chi connectivity index (χ1) is 7.42. The second kappa shape index (κ2) is 5.46. The highest BCUT2D eigenvalue weighted by molar-refractivity contribution is 7.90. The molecule has 3 nitrogen and oxygen atoms in total. The number of hydrogen-bond donors (Lipinski definition) is 1. The summed E-state index contributed by atoms with van der Waals surface area (Å²) in [5.74, 6) is 0.215. The summed E-state index contributed by atoms with van der Waals surface area (Å²) in [6.45, 7) is 2.04. The van der Waals surface area contributed by atoms with E-state index in [1.165, 1.54) is 11.8 Å². The summed E-state index contributed by atoms with van der Waals surface area (Å²) in [5, 5.41) is 3.15. The van der Waals surface area contributed by atoms with Crippen LogP contribution >= 0.6 is 0 Å². The number of aryl methyl sites for hydroxylation is 1. The third kappa shape index (κ3) is 4.33. The summed E-state index contributed by atoms with van der Waals surface area (Å²) >= 11 is 0. The second-order valence-electron chi connectivity index (χ2n) is 4.17. The Morgan fingerprint density at radius 3 is 2.25 bits per heavy atom. The molecule has 0 aliphatic heterocycles. The molecule has 0 aliphatic rings. The van der Waals surface area contributed by atoms with Gasteiger partial charge in [0.15, 0.2) is 0 Å². The topological polar surface area (TPSA) is 46.2 Å². The Kier molecular flexibility index (Phi) is 4.50. The van der Waals surface area contributed by atoms with Gasteiger partial charge in [-0.05, 0) is 26.0 Å². The van der Waals surface area contributed by atoms with Crippen LogP contribution in [0.15, 0.2) is 24.3 Å². The lowest BCUT2D eigenvalue weighted by molar-refractivity contribution is 0.559. The molecule has 0 aromatic heterocycles. The van der Waals surface area contributed by atoms with Crippen LogP contribution < -0.4 is 5.32 Å². The van der Waals surface area contributed by atoms with Crippen LogP contribution in [0.2, 0.25) is 0 Å². The van der Waals surface area contributed by atoms with Crippen molar-refractivity contribution >= 4 is 9.84 Å². The van der Waals surface area contributed by atoms with Crippen LogP contribution in [0.4, 0.5) is 0 Å². The molecule has 1 aromatic rings. The molecular weight excluding hydrogens is 222 g/mol. The lowest BCUT2D eigenvalue weighted by atomic mass is 10.0. The summed E-state index contributed by atoms with van der Waals surface area (Å²) in [6, 6.07) is 8.27. The first kappa shape index (κ1) is 13.2. The third-order valence-corrected chi connectivity index (χ3v) is 3.58. The predicted molar refractivity (Wildman–Crippen MR) is 67.3 cm³/mol. The van der Waals surface area contributed by atoms with Crippen molar-refractivity contribution in [2.45, 2.75) is 19.4 Å². The van der Waals surface area contributed by atoms with Crippen LogP contribution in [-0.2, 0) is 9.84 Å². The fraction of sp³-hybridized carbons (Fsp3) is 0.500. The first-order valence-electron chi connectivity index (χ1n) is 5.34. The van der Waals surface area contributed by atoms with Crippen molar-refractivity contribution in [2.75, 3.05) is 19.1 Å². The smallest absolute Gasteiger partial charge is 0.147 e. The van der Waals surface area contributed by atoms with Crippen molar-refractivity contribution in [2.24, 2.45) is 0 Å². The maximum atomic E-state index is 11.1. The van der Waals surface area contributed by atoms with E-state index >= 15 is 0 Å². The maximum absolute atomic E-state index is 11.1. The largest absolute Gasteiger partial charge is 0.313 e. The van der Waals surface area contributed by atoms with Gasteiger partial charge in [0, 0.05) is 12.3 Å². The van der Waals surface area contributed by atoms with Gasteiger partial charge in [-0.25, -0.2) is 8.42 Å². The van der Waals surface area contributed by atoms with Gasteiger partial charge < -0.3 is 5.32 Å². The third-order valence-electron chi connectivity index (χ3n) is 2.61. The van der Waals surface area contributed by atoms with Gasteiger partial charge in [-0.1, -0.05) is 29.8 Å². The molecule has 4 heteroatoms. The number of sulfone groups is 1. The number of hydrogen-bond acceptors (Lipinski definition) is 3. The molecule has 0 fully saturated rings. The van der Waals surface area contributed by atoms with Gasteiger partial charge in [-0.3, -0.25) is 0 Å². The molecule has 16 heavy (non-hydrogen) atoms. The molecule has 0 radical (unpaired) electrons. The van der Waals surface area contributed by atoms with Crippen molar-refractivity contribution in [3.8, 4) is 0 Å². The van der Waals surface area contributed by atoms with Crippen molar-refractivity contribution < 1.29 is 8.42 Å². The minimum atomic E-state index is -2.89. The van der Waals surface area contributed by atoms with Crippen LogP contribution in [0.25, 0.3) is 0 Å². The van der Waals surface area contributed by atoms with Gasteiger partial charge in [-0.2, -0.15) is 0 Å². The highest BCUT2D eigenvalue weighted by Crippen LogP contribution is 2.17. The number of benzene rings is 1. The molecule has 0 aliphatic carbocycles. The molecule has 1 unspecified atom stereocenters. The molecule has 0 bridgehead atoms. The molecule has 1 atom stereocenters. The van der Waals surface area contributed by atoms with Crippen LogP contribution in [-0.4, -0.2) is 27.5 Å². The van der Waals surface area contributed by atoms with E-state index in [-0.39, 0.29) is 11.8 Å². The Morgan fingerprint density at radius 2 is 1.81 bits per heavy atom. The standard InChI is InChI=1S/C12H19NO2S/c1-10-4-6-11(7-5-10)12(13-2)8-9-16(3,14)15/h4-7,12-13H,8-9H2,1-3H3. The normalized spacial score (nSPS) is 13.7. The molecule has 0 amide bonds. The summed E-state index contributed by atoms with van der Waals surface area (Å²) in [6.07, 6.45) is 1.88. The van der Waals surface area contributed by atoms with Gasteiger partial charge in [0.05, 0.1) is 5.75 Å². The van der Waals surface area contributed by atoms with Crippen LogP contribution in [0.1, 0.15) is 23.6 Å². The Balaban J connectivity index is 2.71. The van der Waals surface area contributed by atoms with Gasteiger partial charge in [0.1, 0.15) is 9.84 Å². The van der Waals surface area contributed by atoms with E-state index in [9.17, 15) is 8.42 Å². The molecule has 1 N–H and O–H groups in total. The lowest BCUT2D eigenvalue weighted by Gasteiger charge is -2.16. The van der Waals surface area contributed by atoms with E-state index in [2.05, 4.69) is 5.32 Å². The molecule has 0 spiro atoms. The van der Waals surface area contributed by atoms with E-state index in [0.717, 1.165) is 5.56 Å². The molecule has 1 rings (SSSR count). The summed E-state index contributed by atoms with van der Waals surface area (Å²) in [5.41, 5.74) is 2.35. The van der Waals surface area contributed by atoms with Gasteiger partial charge in [-0.15, -0.1) is 0 Å². The minimum absolute atomic E-state index is 0.107. The van der Waals surface area contributed by atoms with E-state index in [4.69, 9.17) is 0 Å². The summed E-state index contributed by atoms with van der Waals surface area (Å²) in [7, 11) is -1.03. The van der Waals surface area contributed by atoms with Crippen molar-refractivity contribution in [3.05, 3.63) is 35.4 Å². The minimum Gasteiger partial charge on any atom is -0.313 e. The zero-order valence-corrected chi connectivity index (χ0v) is 10.8. The molecule has 90 valence electrons. The first-order valence-corrected chi connectivity index (χ1v) is 7.40. The highest BCUT2D eigenvalue weighted by atomic mass is 32.2. The monoisotopic (exact) mass is 241 g/mol.